The lowest BCUT2D eigenvalue weighted by Crippen LogP contribution is -2.23. The van der Waals surface area contributed by atoms with Crippen molar-refractivity contribution in [2.75, 3.05) is 6.54 Å². The minimum absolute atomic E-state index is 0.0282. The van der Waals surface area contributed by atoms with Crippen LogP contribution < -0.4 is 5.32 Å². The fourth-order valence-electron chi connectivity index (χ4n) is 3.05. The number of ketones is 1. The van der Waals surface area contributed by atoms with E-state index in [-0.39, 0.29) is 18.1 Å². The molecule has 0 saturated heterocycles. The summed E-state index contributed by atoms with van der Waals surface area (Å²) in [7, 11) is 0. The standard InChI is InChI=1S/C21H20ClFN2O/c1-14-11-20(15(2)25(14)19-9-7-18(23)8-10-19)21(26)13-24-12-16-3-5-17(22)6-4-16/h3-11,24H,12-13H2,1-2H3. The second-order valence-corrected chi connectivity index (χ2v) is 6.69. The molecule has 134 valence electrons. The molecule has 0 aliphatic carbocycles. The van der Waals surface area contributed by atoms with Gasteiger partial charge >= 0.3 is 0 Å². The normalized spacial score (nSPS) is 10.9. The molecule has 0 saturated carbocycles. The summed E-state index contributed by atoms with van der Waals surface area (Å²) in [4.78, 5) is 12.6. The quantitative estimate of drug-likeness (QED) is 0.629. The highest BCUT2D eigenvalue weighted by Crippen LogP contribution is 2.21. The summed E-state index contributed by atoms with van der Waals surface area (Å²) in [5.41, 5.74) is 4.38. The molecule has 5 heteroatoms. The average Bonchev–Trinajstić information content (AvgIpc) is 2.92. The van der Waals surface area contributed by atoms with Gasteiger partial charge in [-0.3, -0.25) is 4.79 Å². The number of nitrogens with one attached hydrogen (secondary N) is 1. The van der Waals surface area contributed by atoms with Gasteiger partial charge in [0.05, 0.1) is 6.54 Å². The third-order valence-corrected chi connectivity index (χ3v) is 4.60. The predicted molar refractivity (Wildman–Crippen MR) is 103 cm³/mol. The third kappa shape index (κ3) is 4.03. The zero-order valence-corrected chi connectivity index (χ0v) is 15.5. The number of carbonyl (C=O) groups is 1. The molecule has 0 bridgehead atoms. The van der Waals surface area contributed by atoms with Crippen molar-refractivity contribution in [3.8, 4) is 5.69 Å². The Balaban J connectivity index is 1.70. The Morgan fingerprint density at radius 2 is 1.73 bits per heavy atom. The molecule has 1 heterocycles. The van der Waals surface area contributed by atoms with Gasteiger partial charge in [-0.15, -0.1) is 0 Å². The van der Waals surface area contributed by atoms with Crippen molar-refractivity contribution < 1.29 is 9.18 Å². The smallest absolute Gasteiger partial charge is 0.178 e. The zero-order valence-electron chi connectivity index (χ0n) is 14.7. The fourth-order valence-corrected chi connectivity index (χ4v) is 3.18. The minimum atomic E-state index is -0.279. The van der Waals surface area contributed by atoms with Crippen molar-refractivity contribution in [1.29, 1.82) is 0 Å². The van der Waals surface area contributed by atoms with E-state index in [0.29, 0.717) is 17.1 Å². The minimum Gasteiger partial charge on any atom is -0.318 e. The van der Waals surface area contributed by atoms with Crippen molar-refractivity contribution in [2.45, 2.75) is 20.4 Å². The molecule has 3 nitrogen and oxygen atoms in total. The summed E-state index contributed by atoms with van der Waals surface area (Å²) < 4.78 is 15.1. The van der Waals surface area contributed by atoms with Crippen LogP contribution in [0.5, 0.6) is 0 Å². The van der Waals surface area contributed by atoms with Gasteiger partial charge in [0.15, 0.2) is 5.78 Å². The van der Waals surface area contributed by atoms with Crippen LogP contribution in [0.3, 0.4) is 0 Å². The largest absolute Gasteiger partial charge is 0.318 e. The number of aromatic nitrogens is 1. The molecule has 0 aliphatic heterocycles. The van der Waals surface area contributed by atoms with E-state index < -0.39 is 0 Å². The van der Waals surface area contributed by atoms with Gasteiger partial charge in [0.1, 0.15) is 5.82 Å². The lowest BCUT2D eigenvalue weighted by molar-refractivity contribution is 0.0990. The first-order chi connectivity index (χ1) is 12.5. The molecule has 0 spiro atoms. The van der Waals surface area contributed by atoms with Gasteiger partial charge in [0.25, 0.3) is 0 Å². The number of benzene rings is 2. The van der Waals surface area contributed by atoms with Crippen molar-refractivity contribution in [3.63, 3.8) is 0 Å². The molecule has 0 radical (unpaired) electrons. The summed E-state index contributed by atoms with van der Waals surface area (Å²) in [6.07, 6.45) is 0. The van der Waals surface area contributed by atoms with Crippen molar-refractivity contribution in [3.05, 3.63) is 88.0 Å². The molecule has 0 fully saturated rings. The Kier molecular flexibility index (Phi) is 5.55. The topological polar surface area (TPSA) is 34.0 Å². The third-order valence-electron chi connectivity index (χ3n) is 4.34. The maximum absolute atomic E-state index is 13.2. The number of aryl methyl sites for hydroxylation is 1. The van der Waals surface area contributed by atoms with Gasteiger partial charge in [-0.2, -0.15) is 0 Å². The molecule has 1 N–H and O–H groups in total. The summed E-state index contributed by atoms with van der Waals surface area (Å²) in [5, 5.41) is 3.86. The Hall–Kier alpha value is -2.43. The molecule has 0 aliphatic rings. The molecule has 0 unspecified atom stereocenters. The number of nitrogens with zero attached hydrogens (tertiary/aromatic N) is 1. The first-order valence-corrected chi connectivity index (χ1v) is 8.77. The molecule has 3 rings (SSSR count). The van der Waals surface area contributed by atoms with E-state index in [0.717, 1.165) is 22.6 Å². The van der Waals surface area contributed by atoms with Crippen molar-refractivity contribution in [2.24, 2.45) is 0 Å². The SMILES string of the molecule is Cc1cc(C(=O)CNCc2ccc(Cl)cc2)c(C)n1-c1ccc(F)cc1. The molecule has 1 aromatic heterocycles. The van der Waals surface area contributed by atoms with Gasteiger partial charge in [-0.1, -0.05) is 23.7 Å². The van der Waals surface area contributed by atoms with Crippen LogP contribution in [0.2, 0.25) is 5.02 Å². The first kappa shape index (κ1) is 18.4. The summed E-state index contributed by atoms with van der Waals surface area (Å²) >= 11 is 5.87. The van der Waals surface area contributed by atoms with E-state index >= 15 is 0 Å². The average molecular weight is 371 g/mol. The maximum atomic E-state index is 13.2. The van der Waals surface area contributed by atoms with Gasteiger partial charge in [-0.05, 0) is 61.9 Å². The summed E-state index contributed by atoms with van der Waals surface area (Å²) in [6, 6.07) is 15.7. The lowest BCUT2D eigenvalue weighted by atomic mass is 10.1. The van der Waals surface area contributed by atoms with E-state index in [1.165, 1.54) is 12.1 Å². The van der Waals surface area contributed by atoms with Crippen LogP contribution in [-0.2, 0) is 6.54 Å². The molecule has 2 aromatic carbocycles. The number of hydrogen-bond acceptors (Lipinski definition) is 2. The molecule has 0 amide bonds. The second-order valence-electron chi connectivity index (χ2n) is 6.25. The van der Waals surface area contributed by atoms with Crippen molar-refractivity contribution in [1.82, 2.24) is 9.88 Å². The van der Waals surface area contributed by atoms with E-state index in [4.69, 9.17) is 11.6 Å². The zero-order chi connectivity index (χ0) is 18.7. The van der Waals surface area contributed by atoms with Crippen LogP contribution in [-0.4, -0.2) is 16.9 Å². The maximum Gasteiger partial charge on any atom is 0.178 e. The van der Waals surface area contributed by atoms with Gasteiger partial charge < -0.3 is 9.88 Å². The van der Waals surface area contributed by atoms with E-state index in [9.17, 15) is 9.18 Å². The first-order valence-electron chi connectivity index (χ1n) is 8.39. The van der Waals surface area contributed by atoms with Crippen LogP contribution >= 0.6 is 11.6 Å². The Bertz CT molecular complexity index is 914. The van der Waals surface area contributed by atoms with Crippen LogP contribution in [0, 0.1) is 19.7 Å². The van der Waals surface area contributed by atoms with Crippen LogP contribution in [0.15, 0.2) is 54.6 Å². The van der Waals surface area contributed by atoms with E-state index in [1.54, 1.807) is 12.1 Å². The number of carbonyl (C=O) groups excluding carboxylic acids is 1. The highest BCUT2D eigenvalue weighted by atomic mass is 35.5. The molecule has 26 heavy (non-hydrogen) atoms. The lowest BCUT2D eigenvalue weighted by Gasteiger charge is -2.10. The van der Waals surface area contributed by atoms with E-state index in [2.05, 4.69) is 5.32 Å². The highest BCUT2D eigenvalue weighted by Gasteiger charge is 2.16. The molecule has 3 aromatic rings. The van der Waals surface area contributed by atoms with Gasteiger partial charge in [0, 0.05) is 34.2 Å². The Morgan fingerprint density at radius 3 is 2.38 bits per heavy atom. The fraction of sp³-hybridized carbons (Fsp3) is 0.190. The highest BCUT2D eigenvalue weighted by molar-refractivity contribution is 6.30. The number of Topliss-reactive ketones (excluding diaryl/α,β-unsaturated/α-hetero) is 1. The number of hydrogen-bond donors (Lipinski definition) is 1. The van der Waals surface area contributed by atoms with Crippen LogP contribution in [0.4, 0.5) is 4.39 Å². The molecule has 0 atom stereocenters. The number of rotatable bonds is 6. The second kappa shape index (κ2) is 7.85. The Labute approximate surface area is 157 Å². The molecular formula is C21H20ClFN2O. The summed E-state index contributed by atoms with van der Waals surface area (Å²) in [6.45, 7) is 4.69. The van der Waals surface area contributed by atoms with Crippen molar-refractivity contribution >= 4 is 17.4 Å². The van der Waals surface area contributed by atoms with E-state index in [1.807, 2.05) is 48.7 Å². The van der Waals surface area contributed by atoms with Gasteiger partial charge in [-0.25, -0.2) is 4.39 Å². The molecular weight excluding hydrogens is 351 g/mol. The van der Waals surface area contributed by atoms with Crippen LogP contribution in [0.1, 0.15) is 27.3 Å². The number of halogens is 2. The van der Waals surface area contributed by atoms with Crippen LogP contribution in [0.25, 0.3) is 5.69 Å². The van der Waals surface area contributed by atoms with Gasteiger partial charge in [0.2, 0.25) is 0 Å². The Morgan fingerprint density at radius 1 is 1.08 bits per heavy atom. The monoisotopic (exact) mass is 370 g/mol. The summed E-state index contributed by atoms with van der Waals surface area (Å²) in [5.74, 6) is -0.251. The predicted octanol–water partition coefficient (Wildman–Crippen LogP) is 4.86.